The van der Waals surface area contributed by atoms with Crippen LogP contribution in [0.2, 0.25) is 0 Å². The molecule has 0 unspecified atom stereocenters. The number of rotatable bonds is 7. The molecule has 2 aromatic carbocycles. The second-order valence-corrected chi connectivity index (χ2v) is 9.06. The van der Waals surface area contributed by atoms with Crippen molar-refractivity contribution in [3.63, 3.8) is 0 Å². The molecular weight excluding hydrogens is 452 g/mol. The minimum Gasteiger partial charge on any atom is -0.484 e. The van der Waals surface area contributed by atoms with Crippen molar-refractivity contribution in [1.82, 2.24) is 14.8 Å². The third-order valence-electron chi connectivity index (χ3n) is 5.46. The first-order valence-corrected chi connectivity index (χ1v) is 11.8. The molecule has 3 heterocycles. The maximum absolute atomic E-state index is 12.4. The minimum atomic E-state index is -0.261. The third kappa shape index (κ3) is 4.60. The molecule has 5 rings (SSSR count). The van der Waals surface area contributed by atoms with E-state index in [0.29, 0.717) is 28.9 Å². The number of aromatic nitrogens is 3. The second-order valence-electron chi connectivity index (χ2n) is 8.20. The van der Waals surface area contributed by atoms with Gasteiger partial charge in [0.1, 0.15) is 22.3 Å². The molecule has 0 saturated heterocycles. The molecule has 1 aliphatic heterocycles. The number of carbonyl (C=O) groups excluding carboxylic acids is 1. The molecule has 0 radical (unpaired) electrons. The molecule has 0 saturated carbocycles. The van der Waals surface area contributed by atoms with E-state index in [1.807, 2.05) is 47.8 Å². The molecule has 4 aromatic rings. The van der Waals surface area contributed by atoms with Crippen molar-refractivity contribution in [2.24, 2.45) is 7.05 Å². The highest BCUT2D eigenvalue weighted by Gasteiger charge is 2.17. The first-order valence-electron chi connectivity index (χ1n) is 10.9. The van der Waals surface area contributed by atoms with Gasteiger partial charge in [-0.1, -0.05) is 26.0 Å². The van der Waals surface area contributed by atoms with Crippen molar-refractivity contribution in [3.8, 4) is 39.2 Å². The monoisotopic (exact) mass is 476 g/mol. The Labute approximate surface area is 201 Å². The standard InChI is InChI=1S/C25H24N4O4S/c1-15(2)16-4-7-18(8-5-16)31-12-24(30)27-23-11-19(28-29(23)3)25-26-20(13-34-25)17-6-9-21-22(10-17)33-14-32-21/h4-11,13,15H,12,14H2,1-3H3,(H,27,30). The fourth-order valence-electron chi connectivity index (χ4n) is 3.55. The van der Waals surface area contributed by atoms with E-state index < -0.39 is 0 Å². The van der Waals surface area contributed by atoms with Gasteiger partial charge in [0.05, 0.1) is 5.69 Å². The fourth-order valence-corrected chi connectivity index (χ4v) is 4.33. The van der Waals surface area contributed by atoms with Gasteiger partial charge in [-0.25, -0.2) is 4.98 Å². The Bertz CT molecular complexity index is 1330. The quantitative estimate of drug-likeness (QED) is 0.400. The van der Waals surface area contributed by atoms with Crippen LogP contribution in [0.5, 0.6) is 17.2 Å². The number of nitrogens with zero attached hydrogens (tertiary/aromatic N) is 3. The van der Waals surface area contributed by atoms with E-state index in [4.69, 9.17) is 19.2 Å². The lowest BCUT2D eigenvalue weighted by Gasteiger charge is -2.09. The molecule has 174 valence electrons. The summed E-state index contributed by atoms with van der Waals surface area (Å²) in [6.45, 7) is 4.41. The smallest absolute Gasteiger partial charge is 0.263 e. The van der Waals surface area contributed by atoms with E-state index in [0.717, 1.165) is 22.0 Å². The summed E-state index contributed by atoms with van der Waals surface area (Å²) in [5, 5.41) is 10.1. The Morgan fingerprint density at radius 1 is 1.12 bits per heavy atom. The zero-order valence-electron chi connectivity index (χ0n) is 19.1. The molecule has 2 aromatic heterocycles. The highest BCUT2D eigenvalue weighted by atomic mass is 32.1. The molecule has 0 bridgehead atoms. The summed E-state index contributed by atoms with van der Waals surface area (Å²) in [5.74, 6) is 2.86. The summed E-state index contributed by atoms with van der Waals surface area (Å²) in [6.07, 6.45) is 0. The zero-order chi connectivity index (χ0) is 23.7. The number of carbonyl (C=O) groups is 1. The van der Waals surface area contributed by atoms with Crippen molar-refractivity contribution >= 4 is 23.1 Å². The van der Waals surface area contributed by atoms with E-state index in [1.165, 1.54) is 16.9 Å². The van der Waals surface area contributed by atoms with Crippen molar-refractivity contribution < 1.29 is 19.0 Å². The number of thiazole rings is 1. The SMILES string of the molecule is CC(C)c1ccc(OCC(=O)Nc2cc(-c3nc(-c4ccc5c(c4)OCO5)cs3)nn2C)cc1. The van der Waals surface area contributed by atoms with E-state index in [9.17, 15) is 4.79 Å². The molecular formula is C25H24N4O4S. The summed E-state index contributed by atoms with van der Waals surface area (Å²) < 4.78 is 18.1. The predicted octanol–water partition coefficient (Wildman–Crippen LogP) is 5.08. The predicted molar refractivity (Wildman–Crippen MR) is 131 cm³/mol. The maximum Gasteiger partial charge on any atom is 0.263 e. The topological polar surface area (TPSA) is 87.5 Å². The van der Waals surface area contributed by atoms with Gasteiger partial charge in [0, 0.05) is 24.1 Å². The molecule has 34 heavy (non-hydrogen) atoms. The molecule has 1 aliphatic rings. The van der Waals surface area contributed by atoms with E-state index >= 15 is 0 Å². The largest absolute Gasteiger partial charge is 0.484 e. The van der Waals surface area contributed by atoms with Crippen LogP contribution in [-0.4, -0.2) is 34.1 Å². The van der Waals surface area contributed by atoms with Gasteiger partial charge in [-0.05, 0) is 41.8 Å². The Morgan fingerprint density at radius 2 is 1.91 bits per heavy atom. The third-order valence-corrected chi connectivity index (χ3v) is 6.32. The van der Waals surface area contributed by atoms with E-state index in [2.05, 4.69) is 24.3 Å². The lowest BCUT2D eigenvalue weighted by Crippen LogP contribution is -2.21. The van der Waals surface area contributed by atoms with Gasteiger partial charge in [-0.2, -0.15) is 5.10 Å². The molecule has 0 aliphatic carbocycles. The Morgan fingerprint density at radius 3 is 2.71 bits per heavy atom. The summed E-state index contributed by atoms with van der Waals surface area (Å²) in [7, 11) is 1.77. The summed E-state index contributed by atoms with van der Waals surface area (Å²) in [4.78, 5) is 17.1. The van der Waals surface area contributed by atoms with Crippen LogP contribution < -0.4 is 19.5 Å². The Hall–Kier alpha value is -3.85. The van der Waals surface area contributed by atoms with Gasteiger partial charge >= 0.3 is 0 Å². The number of fused-ring (bicyclic) bond motifs is 1. The van der Waals surface area contributed by atoms with Crippen LogP contribution in [0, 0.1) is 0 Å². The van der Waals surface area contributed by atoms with Gasteiger partial charge in [0.2, 0.25) is 6.79 Å². The average molecular weight is 477 g/mol. The van der Waals surface area contributed by atoms with Crippen LogP contribution in [-0.2, 0) is 11.8 Å². The molecule has 9 heteroatoms. The lowest BCUT2D eigenvalue weighted by atomic mass is 10.0. The van der Waals surface area contributed by atoms with Crippen molar-refractivity contribution in [1.29, 1.82) is 0 Å². The molecule has 0 fully saturated rings. The number of ether oxygens (including phenoxy) is 3. The Kier molecular flexibility index (Phi) is 5.93. The average Bonchev–Trinajstić information content (AvgIpc) is 3.57. The number of hydrogen-bond acceptors (Lipinski definition) is 7. The lowest BCUT2D eigenvalue weighted by molar-refractivity contribution is -0.118. The van der Waals surface area contributed by atoms with Crippen molar-refractivity contribution in [2.75, 3.05) is 18.7 Å². The first-order chi connectivity index (χ1) is 16.5. The molecule has 0 atom stereocenters. The second kappa shape index (κ2) is 9.18. The van der Waals surface area contributed by atoms with Crippen molar-refractivity contribution in [2.45, 2.75) is 19.8 Å². The zero-order valence-corrected chi connectivity index (χ0v) is 19.9. The van der Waals surface area contributed by atoms with Crippen molar-refractivity contribution in [3.05, 3.63) is 59.5 Å². The number of hydrogen-bond donors (Lipinski definition) is 1. The van der Waals surface area contributed by atoms with Crippen LogP contribution in [0.15, 0.2) is 53.9 Å². The highest BCUT2D eigenvalue weighted by molar-refractivity contribution is 7.13. The molecule has 0 spiro atoms. The number of amides is 1. The maximum atomic E-state index is 12.4. The van der Waals surface area contributed by atoms with Crippen LogP contribution in [0.25, 0.3) is 22.0 Å². The van der Waals surface area contributed by atoms with Crippen LogP contribution in [0.4, 0.5) is 5.82 Å². The molecule has 1 N–H and O–H groups in total. The minimum absolute atomic E-state index is 0.0902. The number of benzene rings is 2. The molecule has 1 amide bonds. The van der Waals surface area contributed by atoms with E-state index in [1.54, 1.807) is 17.8 Å². The summed E-state index contributed by atoms with van der Waals surface area (Å²) in [5.41, 5.74) is 3.67. The summed E-state index contributed by atoms with van der Waals surface area (Å²) in [6, 6.07) is 15.3. The van der Waals surface area contributed by atoms with Gasteiger partial charge in [-0.15, -0.1) is 11.3 Å². The highest BCUT2D eigenvalue weighted by Crippen LogP contribution is 2.37. The summed E-state index contributed by atoms with van der Waals surface area (Å²) >= 11 is 1.49. The van der Waals surface area contributed by atoms with Gasteiger partial charge in [-0.3, -0.25) is 9.48 Å². The van der Waals surface area contributed by atoms with Gasteiger partial charge in [0.25, 0.3) is 5.91 Å². The van der Waals surface area contributed by atoms with Crippen LogP contribution >= 0.6 is 11.3 Å². The Balaban J connectivity index is 1.23. The number of anilines is 1. The first kappa shape index (κ1) is 22.0. The molecule has 8 nitrogen and oxygen atoms in total. The number of aryl methyl sites for hydroxylation is 1. The van der Waals surface area contributed by atoms with Gasteiger partial charge in [0.15, 0.2) is 18.1 Å². The van der Waals surface area contributed by atoms with Crippen LogP contribution in [0.1, 0.15) is 25.3 Å². The van der Waals surface area contributed by atoms with E-state index in [-0.39, 0.29) is 19.3 Å². The number of nitrogens with one attached hydrogen (secondary N) is 1. The van der Waals surface area contributed by atoms with Gasteiger partial charge < -0.3 is 19.5 Å². The fraction of sp³-hybridized carbons (Fsp3) is 0.240. The van der Waals surface area contributed by atoms with Crippen LogP contribution in [0.3, 0.4) is 0 Å². The normalized spacial score (nSPS) is 12.2.